The molecule has 2 rings (SSSR count). The third-order valence-corrected chi connectivity index (χ3v) is 5.06. The lowest BCUT2D eigenvalue weighted by molar-refractivity contribution is 0.0218. The van der Waals surface area contributed by atoms with E-state index < -0.39 is 5.60 Å². The van der Waals surface area contributed by atoms with Gasteiger partial charge in [-0.3, -0.25) is 0 Å². The molecule has 1 aromatic rings. The predicted octanol–water partition coefficient (Wildman–Crippen LogP) is 4.82. The molecule has 1 aliphatic rings. The lowest BCUT2D eigenvalue weighted by Crippen LogP contribution is -2.55. The van der Waals surface area contributed by atoms with Crippen LogP contribution in [0, 0.1) is 0 Å². The fourth-order valence-electron chi connectivity index (χ4n) is 3.73. The molecule has 1 atom stereocenters. The zero-order valence-electron chi connectivity index (χ0n) is 17.7. The Bertz CT molecular complexity index is 609. The van der Waals surface area contributed by atoms with E-state index in [2.05, 4.69) is 44.7 Å². The van der Waals surface area contributed by atoms with Gasteiger partial charge in [0.1, 0.15) is 5.60 Å². The van der Waals surface area contributed by atoms with Gasteiger partial charge in [0.2, 0.25) is 0 Å². The average molecular weight is 361 g/mol. The second kappa shape index (κ2) is 8.32. The van der Waals surface area contributed by atoms with E-state index in [1.807, 2.05) is 25.7 Å². The van der Waals surface area contributed by atoms with Crippen molar-refractivity contribution in [3.8, 4) is 0 Å². The van der Waals surface area contributed by atoms with Crippen LogP contribution in [0.3, 0.4) is 0 Å². The summed E-state index contributed by atoms with van der Waals surface area (Å²) in [6.07, 6.45) is 2.95. The maximum atomic E-state index is 12.4. The third kappa shape index (κ3) is 4.72. The number of hydrogen-bond acceptors (Lipinski definition) is 3. The Morgan fingerprint density at radius 2 is 1.65 bits per heavy atom. The van der Waals surface area contributed by atoms with Crippen molar-refractivity contribution in [1.82, 2.24) is 4.90 Å². The molecule has 0 radical (unpaired) electrons. The molecule has 0 N–H and O–H groups in total. The van der Waals surface area contributed by atoms with Gasteiger partial charge in [0.25, 0.3) is 0 Å². The number of rotatable bonds is 4. The molecule has 0 unspecified atom stereocenters. The lowest BCUT2D eigenvalue weighted by atomic mass is 9.95. The van der Waals surface area contributed by atoms with Crippen LogP contribution in [0.25, 0.3) is 0 Å². The first-order valence-corrected chi connectivity index (χ1v) is 10.1. The van der Waals surface area contributed by atoms with Crippen molar-refractivity contribution in [1.29, 1.82) is 0 Å². The highest BCUT2D eigenvalue weighted by molar-refractivity contribution is 5.69. The molecule has 1 heterocycles. The number of aryl methyl sites for hydroxylation is 3. The molecule has 4 heteroatoms. The molecular weight excluding hydrogens is 324 g/mol. The van der Waals surface area contributed by atoms with Gasteiger partial charge < -0.3 is 14.5 Å². The summed E-state index contributed by atoms with van der Waals surface area (Å²) in [4.78, 5) is 16.8. The van der Waals surface area contributed by atoms with E-state index in [4.69, 9.17) is 4.74 Å². The highest BCUT2D eigenvalue weighted by atomic mass is 16.6. The number of hydrogen-bond donors (Lipinski definition) is 0. The number of nitrogens with zero attached hydrogens (tertiary/aromatic N) is 2. The standard InChI is InChI=1S/C22H36N2O2/c1-8-17-13-18(9-2)20(19(10-3)14-17)24-12-11-23(15-16(24)4)21(25)26-22(5,6)7/h13-14,16H,8-12,15H2,1-7H3/t16-/m1/s1. The molecular formula is C22H36N2O2. The summed E-state index contributed by atoms with van der Waals surface area (Å²) in [6, 6.07) is 5.00. The number of benzene rings is 1. The normalized spacial score (nSPS) is 18.2. The summed E-state index contributed by atoms with van der Waals surface area (Å²) in [6.45, 7) is 16.9. The monoisotopic (exact) mass is 360 g/mol. The molecule has 0 spiro atoms. The predicted molar refractivity (Wildman–Crippen MR) is 109 cm³/mol. The number of anilines is 1. The molecule has 0 bridgehead atoms. The summed E-state index contributed by atoms with van der Waals surface area (Å²) in [7, 11) is 0. The second-order valence-electron chi connectivity index (χ2n) is 8.29. The van der Waals surface area contributed by atoms with Crippen LogP contribution in [0.15, 0.2) is 12.1 Å². The third-order valence-electron chi connectivity index (χ3n) is 5.06. The Morgan fingerprint density at radius 1 is 1.08 bits per heavy atom. The first-order valence-electron chi connectivity index (χ1n) is 10.1. The topological polar surface area (TPSA) is 32.8 Å². The Hall–Kier alpha value is -1.71. The van der Waals surface area contributed by atoms with Crippen LogP contribution in [-0.4, -0.2) is 42.3 Å². The minimum atomic E-state index is -0.446. The van der Waals surface area contributed by atoms with Crippen molar-refractivity contribution in [2.45, 2.75) is 79.4 Å². The van der Waals surface area contributed by atoms with E-state index in [0.717, 1.165) is 25.8 Å². The maximum absolute atomic E-state index is 12.4. The second-order valence-corrected chi connectivity index (χ2v) is 8.29. The first kappa shape index (κ1) is 20.6. The summed E-state index contributed by atoms with van der Waals surface area (Å²) in [5, 5.41) is 0. The Morgan fingerprint density at radius 3 is 2.08 bits per heavy atom. The molecule has 1 amide bonds. The van der Waals surface area contributed by atoms with Crippen LogP contribution in [0.1, 0.15) is 65.2 Å². The van der Waals surface area contributed by atoms with Crippen molar-refractivity contribution in [2.75, 3.05) is 24.5 Å². The van der Waals surface area contributed by atoms with Gasteiger partial charge in [-0.15, -0.1) is 0 Å². The molecule has 1 fully saturated rings. The smallest absolute Gasteiger partial charge is 0.410 e. The zero-order chi connectivity index (χ0) is 19.5. The first-order chi connectivity index (χ1) is 12.2. The van der Waals surface area contributed by atoms with Crippen molar-refractivity contribution >= 4 is 11.8 Å². The van der Waals surface area contributed by atoms with Gasteiger partial charge >= 0.3 is 6.09 Å². The van der Waals surface area contributed by atoms with Gasteiger partial charge in [-0.1, -0.05) is 32.9 Å². The van der Waals surface area contributed by atoms with Gasteiger partial charge in [0.15, 0.2) is 0 Å². The van der Waals surface area contributed by atoms with Gasteiger partial charge in [0.05, 0.1) is 0 Å². The number of carbonyl (C=O) groups excluding carboxylic acids is 1. The van der Waals surface area contributed by atoms with Gasteiger partial charge in [0, 0.05) is 31.4 Å². The van der Waals surface area contributed by atoms with E-state index in [1.165, 1.54) is 22.4 Å². The van der Waals surface area contributed by atoms with E-state index >= 15 is 0 Å². The van der Waals surface area contributed by atoms with Crippen LogP contribution >= 0.6 is 0 Å². The van der Waals surface area contributed by atoms with Crippen molar-refractivity contribution in [2.24, 2.45) is 0 Å². The number of amides is 1. The Kier molecular flexibility index (Phi) is 6.59. The van der Waals surface area contributed by atoms with Crippen LogP contribution < -0.4 is 4.90 Å². The van der Waals surface area contributed by atoms with Crippen LogP contribution in [-0.2, 0) is 24.0 Å². The summed E-state index contributed by atoms with van der Waals surface area (Å²) in [5.41, 5.74) is 5.22. The van der Waals surface area contributed by atoms with E-state index in [1.54, 1.807) is 0 Å². The lowest BCUT2D eigenvalue weighted by Gasteiger charge is -2.43. The minimum Gasteiger partial charge on any atom is -0.444 e. The van der Waals surface area contributed by atoms with Crippen LogP contribution in [0.4, 0.5) is 10.5 Å². The molecule has 146 valence electrons. The Labute approximate surface area is 159 Å². The summed E-state index contributed by atoms with van der Waals surface area (Å²) >= 11 is 0. The maximum Gasteiger partial charge on any atom is 0.410 e. The largest absolute Gasteiger partial charge is 0.444 e. The highest BCUT2D eigenvalue weighted by Gasteiger charge is 2.31. The average Bonchev–Trinajstić information content (AvgIpc) is 2.59. The SMILES string of the molecule is CCc1cc(CC)c(N2CCN(C(=O)OC(C)(C)C)C[C@H]2C)c(CC)c1. The van der Waals surface area contributed by atoms with Crippen molar-refractivity contribution < 1.29 is 9.53 Å². The molecule has 1 aliphatic heterocycles. The van der Waals surface area contributed by atoms with Gasteiger partial charge in [-0.05, 0) is 63.6 Å². The molecule has 0 saturated carbocycles. The molecule has 0 aliphatic carbocycles. The highest BCUT2D eigenvalue weighted by Crippen LogP contribution is 2.32. The molecule has 0 aromatic heterocycles. The summed E-state index contributed by atoms with van der Waals surface area (Å²) in [5.74, 6) is 0. The quantitative estimate of drug-likeness (QED) is 0.772. The number of carbonyl (C=O) groups is 1. The minimum absolute atomic E-state index is 0.197. The Balaban J connectivity index is 2.23. The molecule has 1 saturated heterocycles. The zero-order valence-corrected chi connectivity index (χ0v) is 17.7. The fraction of sp³-hybridized carbons (Fsp3) is 0.682. The molecule has 26 heavy (non-hydrogen) atoms. The van der Waals surface area contributed by atoms with Crippen molar-refractivity contribution in [3.05, 3.63) is 28.8 Å². The fourth-order valence-corrected chi connectivity index (χ4v) is 3.73. The summed E-state index contributed by atoms with van der Waals surface area (Å²) < 4.78 is 5.56. The van der Waals surface area contributed by atoms with Crippen LogP contribution in [0.5, 0.6) is 0 Å². The number of ether oxygens (including phenoxy) is 1. The van der Waals surface area contributed by atoms with Crippen LogP contribution in [0.2, 0.25) is 0 Å². The van der Waals surface area contributed by atoms with Crippen molar-refractivity contribution in [3.63, 3.8) is 0 Å². The van der Waals surface area contributed by atoms with E-state index in [9.17, 15) is 4.79 Å². The van der Waals surface area contributed by atoms with E-state index in [0.29, 0.717) is 13.1 Å². The van der Waals surface area contributed by atoms with Gasteiger partial charge in [-0.25, -0.2) is 4.79 Å². The molecule has 4 nitrogen and oxygen atoms in total. The molecule has 1 aromatic carbocycles. The number of piperazine rings is 1. The van der Waals surface area contributed by atoms with E-state index in [-0.39, 0.29) is 12.1 Å². The van der Waals surface area contributed by atoms with Gasteiger partial charge in [-0.2, -0.15) is 0 Å².